The molecule has 1 atom stereocenters. The topological polar surface area (TPSA) is 38.7 Å². The van der Waals surface area contributed by atoms with Crippen molar-refractivity contribution in [3.8, 4) is 17.2 Å². The van der Waals surface area contributed by atoms with Crippen LogP contribution in [-0.4, -0.2) is 17.8 Å². The molecule has 0 aliphatic heterocycles. The number of benzene rings is 2. The summed E-state index contributed by atoms with van der Waals surface area (Å²) >= 11 is 11.9. The van der Waals surface area contributed by atoms with Crippen LogP contribution >= 0.6 is 23.2 Å². The van der Waals surface area contributed by atoms with Crippen LogP contribution in [0.25, 0.3) is 0 Å². The van der Waals surface area contributed by atoms with Crippen LogP contribution in [0.15, 0.2) is 42.5 Å². The molecule has 106 valence electrons. The normalized spacial score (nSPS) is 12.0. The highest BCUT2D eigenvalue weighted by Crippen LogP contribution is 2.32. The van der Waals surface area contributed by atoms with Crippen molar-refractivity contribution in [2.24, 2.45) is 0 Å². The molecule has 20 heavy (non-hydrogen) atoms. The zero-order valence-corrected chi connectivity index (χ0v) is 12.4. The van der Waals surface area contributed by atoms with E-state index >= 15 is 0 Å². The summed E-state index contributed by atoms with van der Waals surface area (Å²) in [6.07, 6.45) is -0.243. The molecule has 0 radical (unpaired) electrons. The third-order valence-electron chi connectivity index (χ3n) is 2.54. The SMILES string of the molecule is CC(CO)Oc1ccc(Oc2ccc(Cl)cc2Cl)cc1. The first-order chi connectivity index (χ1) is 9.58. The van der Waals surface area contributed by atoms with E-state index in [1.165, 1.54) is 0 Å². The van der Waals surface area contributed by atoms with Gasteiger partial charge in [-0.2, -0.15) is 0 Å². The molecule has 5 heteroatoms. The molecule has 1 unspecified atom stereocenters. The average Bonchev–Trinajstić information content (AvgIpc) is 2.44. The maximum absolute atomic E-state index is 8.92. The molecule has 0 saturated carbocycles. The highest BCUT2D eigenvalue weighted by Gasteiger charge is 2.05. The number of ether oxygens (including phenoxy) is 2. The lowest BCUT2D eigenvalue weighted by molar-refractivity contribution is 0.129. The molecule has 2 aromatic rings. The predicted molar refractivity (Wildman–Crippen MR) is 80.2 cm³/mol. The van der Waals surface area contributed by atoms with Gasteiger partial charge in [0.15, 0.2) is 0 Å². The smallest absolute Gasteiger partial charge is 0.146 e. The minimum atomic E-state index is -0.243. The fourth-order valence-corrected chi connectivity index (χ4v) is 1.99. The monoisotopic (exact) mass is 312 g/mol. The molecule has 0 heterocycles. The lowest BCUT2D eigenvalue weighted by atomic mass is 10.3. The van der Waals surface area contributed by atoms with Crippen LogP contribution in [-0.2, 0) is 0 Å². The van der Waals surface area contributed by atoms with Crippen molar-refractivity contribution in [1.29, 1.82) is 0 Å². The Morgan fingerprint density at radius 3 is 2.30 bits per heavy atom. The second-order valence-corrected chi connectivity index (χ2v) is 5.10. The van der Waals surface area contributed by atoms with Crippen molar-refractivity contribution in [2.75, 3.05) is 6.61 Å². The first-order valence-electron chi connectivity index (χ1n) is 6.09. The van der Waals surface area contributed by atoms with E-state index in [0.29, 0.717) is 27.3 Å². The summed E-state index contributed by atoms with van der Waals surface area (Å²) in [6, 6.07) is 12.1. The largest absolute Gasteiger partial charge is 0.488 e. The highest BCUT2D eigenvalue weighted by molar-refractivity contribution is 6.35. The van der Waals surface area contributed by atoms with E-state index in [1.807, 2.05) is 0 Å². The van der Waals surface area contributed by atoms with Crippen LogP contribution in [0.2, 0.25) is 10.0 Å². The predicted octanol–water partition coefficient (Wildman–Crippen LogP) is 4.55. The first-order valence-corrected chi connectivity index (χ1v) is 6.84. The molecule has 1 N–H and O–H groups in total. The van der Waals surface area contributed by atoms with E-state index < -0.39 is 0 Å². The number of halogens is 2. The molecule has 0 aliphatic rings. The third kappa shape index (κ3) is 4.04. The van der Waals surface area contributed by atoms with Gasteiger partial charge in [0.2, 0.25) is 0 Å². The molecule has 0 bridgehead atoms. The molecule has 0 fully saturated rings. The summed E-state index contributed by atoms with van der Waals surface area (Å²) in [6.45, 7) is 1.76. The minimum absolute atomic E-state index is 0.0291. The Hall–Kier alpha value is -1.42. The van der Waals surface area contributed by atoms with Crippen molar-refractivity contribution < 1.29 is 14.6 Å². The van der Waals surface area contributed by atoms with Gasteiger partial charge in [0.05, 0.1) is 11.6 Å². The van der Waals surface area contributed by atoms with Gasteiger partial charge >= 0.3 is 0 Å². The molecule has 0 spiro atoms. The maximum atomic E-state index is 8.92. The summed E-state index contributed by atoms with van der Waals surface area (Å²) in [7, 11) is 0. The molecule has 2 aromatic carbocycles. The fourth-order valence-electron chi connectivity index (χ4n) is 1.54. The van der Waals surface area contributed by atoms with E-state index in [4.69, 9.17) is 37.8 Å². The standard InChI is InChI=1S/C15H14Cl2O3/c1-10(9-18)19-12-3-5-13(6-4-12)20-15-7-2-11(16)8-14(15)17/h2-8,10,18H,9H2,1H3. The molecule has 3 nitrogen and oxygen atoms in total. The zero-order chi connectivity index (χ0) is 14.5. The van der Waals surface area contributed by atoms with Crippen molar-refractivity contribution in [2.45, 2.75) is 13.0 Å². The summed E-state index contributed by atoms with van der Waals surface area (Å²) in [5.41, 5.74) is 0. The van der Waals surface area contributed by atoms with Crippen LogP contribution in [0.5, 0.6) is 17.2 Å². The van der Waals surface area contributed by atoms with E-state index in [9.17, 15) is 0 Å². The van der Waals surface area contributed by atoms with Gasteiger partial charge in [0, 0.05) is 5.02 Å². The van der Waals surface area contributed by atoms with Crippen molar-refractivity contribution in [3.63, 3.8) is 0 Å². The molecular formula is C15H14Cl2O3. The van der Waals surface area contributed by atoms with E-state index in [0.717, 1.165) is 0 Å². The Bertz CT molecular complexity index is 570. The Morgan fingerprint density at radius 1 is 1.05 bits per heavy atom. The van der Waals surface area contributed by atoms with Gasteiger partial charge in [-0.1, -0.05) is 23.2 Å². The minimum Gasteiger partial charge on any atom is -0.488 e. The molecule has 2 rings (SSSR count). The van der Waals surface area contributed by atoms with Gasteiger partial charge in [-0.3, -0.25) is 0 Å². The van der Waals surface area contributed by atoms with Crippen LogP contribution in [0.3, 0.4) is 0 Å². The molecule has 0 amide bonds. The van der Waals surface area contributed by atoms with Crippen LogP contribution < -0.4 is 9.47 Å². The molecule has 0 aromatic heterocycles. The molecule has 0 aliphatic carbocycles. The van der Waals surface area contributed by atoms with Gasteiger partial charge in [0.25, 0.3) is 0 Å². The second-order valence-electron chi connectivity index (χ2n) is 4.26. The highest BCUT2D eigenvalue weighted by atomic mass is 35.5. The van der Waals surface area contributed by atoms with Crippen LogP contribution in [0.1, 0.15) is 6.92 Å². The Kier molecular flexibility index (Phi) is 5.12. The van der Waals surface area contributed by atoms with Crippen LogP contribution in [0, 0.1) is 0 Å². The number of hydrogen-bond acceptors (Lipinski definition) is 3. The van der Waals surface area contributed by atoms with Crippen molar-refractivity contribution >= 4 is 23.2 Å². The first kappa shape index (κ1) is 15.0. The summed E-state index contributed by atoms with van der Waals surface area (Å²) < 4.78 is 11.1. The second kappa shape index (κ2) is 6.84. The van der Waals surface area contributed by atoms with Gasteiger partial charge in [-0.25, -0.2) is 0 Å². The van der Waals surface area contributed by atoms with Crippen molar-refractivity contribution in [1.82, 2.24) is 0 Å². The summed E-state index contributed by atoms with van der Waals surface area (Å²) in [5.74, 6) is 1.84. The fraction of sp³-hybridized carbons (Fsp3) is 0.200. The van der Waals surface area contributed by atoms with Gasteiger partial charge in [-0.15, -0.1) is 0 Å². The maximum Gasteiger partial charge on any atom is 0.146 e. The third-order valence-corrected chi connectivity index (χ3v) is 3.07. The van der Waals surface area contributed by atoms with Gasteiger partial charge in [-0.05, 0) is 49.4 Å². The Balaban J connectivity index is 2.07. The number of rotatable bonds is 5. The van der Waals surface area contributed by atoms with E-state index in [1.54, 1.807) is 49.4 Å². The zero-order valence-electron chi connectivity index (χ0n) is 10.8. The molecular weight excluding hydrogens is 299 g/mol. The van der Waals surface area contributed by atoms with Gasteiger partial charge < -0.3 is 14.6 Å². The summed E-state index contributed by atoms with van der Waals surface area (Å²) in [5, 5.41) is 9.93. The summed E-state index contributed by atoms with van der Waals surface area (Å²) in [4.78, 5) is 0. The number of hydrogen-bond donors (Lipinski definition) is 1. The van der Waals surface area contributed by atoms with E-state index in [-0.39, 0.29) is 12.7 Å². The van der Waals surface area contributed by atoms with Crippen LogP contribution in [0.4, 0.5) is 0 Å². The quantitative estimate of drug-likeness (QED) is 0.880. The van der Waals surface area contributed by atoms with Crippen molar-refractivity contribution in [3.05, 3.63) is 52.5 Å². The molecule has 0 saturated heterocycles. The van der Waals surface area contributed by atoms with Gasteiger partial charge in [0.1, 0.15) is 23.4 Å². The van der Waals surface area contributed by atoms with E-state index in [2.05, 4.69) is 0 Å². The Labute approximate surface area is 127 Å². The number of aliphatic hydroxyl groups excluding tert-OH is 1. The lowest BCUT2D eigenvalue weighted by Gasteiger charge is -2.12. The number of aliphatic hydroxyl groups is 1. The Morgan fingerprint density at radius 2 is 1.70 bits per heavy atom. The average molecular weight is 313 g/mol. The lowest BCUT2D eigenvalue weighted by Crippen LogP contribution is -2.15.